The van der Waals surface area contributed by atoms with Crippen LogP contribution in [0, 0.1) is 5.82 Å². The van der Waals surface area contributed by atoms with Crippen molar-refractivity contribution in [2.24, 2.45) is 11.5 Å². The minimum atomic E-state index is -0.746. The molecule has 0 aliphatic heterocycles. The van der Waals surface area contributed by atoms with Gasteiger partial charge in [0.15, 0.2) is 11.6 Å². The summed E-state index contributed by atoms with van der Waals surface area (Å²) in [6.07, 6.45) is 8.04. The number of amides is 1. The Morgan fingerprint density at radius 2 is 1.97 bits per heavy atom. The molecule has 1 amide bonds. The van der Waals surface area contributed by atoms with Crippen molar-refractivity contribution < 1.29 is 9.18 Å². The number of primary amides is 1. The maximum atomic E-state index is 14.8. The van der Waals surface area contributed by atoms with Gasteiger partial charge in [-0.1, -0.05) is 26.2 Å². The molecule has 3 aromatic rings. The van der Waals surface area contributed by atoms with Crippen LogP contribution in [-0.2, 0) is 6.42 Å². The highest BCUT2D eigenvalue weighted by atomic mass is 19.1. The first-order valence-electron chi connectivity index (χ1n) is 12.2. The van der Waals surface area contributed by atoms with Crippen molar-refractivity contribution in [3.05, 3.63) is 41.3 Å². The number of aryl methyl sites for hydroxylation is 1. The monoisotopic (exact) mass is 465 g/mol. The number of carbonyl (C=O) groups excluding carboxylic acids is 1. The van der Waals surface area contributed by atoms with Crippen LogP contribution in [0.15, 0.2) is 24.3 Å². The van der Waals surface area contributed by atoms with Gasteiger partial charge in [0.1, 0.15) is 5.82 Å². The Morgan fingerprint density at radius 1 is 1.18 bits per heavy atom. The highest BCUT2D eigenvalue weighted by molar-refractivity contribution is 5.99. The lowest BCUT2D eigenvalue weighted by Gasteiger charge is -2.30. The van der Waals surface area contributed by atoms with Gasteiger partial charge in [-0.3, -0.25) is 9.48 Å². The third-order valence-corrected chi connectivity index (χ3v) is 6.81. The predicted octanol–water partition coefficient (Wildman–Crippen LogP) is 4.38. The van der Waals surface area contributed by atoms with Crippen LogP contribution in [0.2, 0.25) is 0 Å². The van der Waals surface area contributed by atoms with E-state index < -0.39 is 11.7 Å². The molecule has 0 saturated heterocycles. The van der Waals surface area contributed by atoms with Crippen LogP contribution in [0.3, 0.4) is 0 Å². The van der Waals surface area contributed by atoms with Gasteiger partial charge in [-0.2, -0.15) is 5.10 Å². The smallest absolute Gasteiger partial charge is 0.252 e. The van der Waals surface area contributed by atoms with Gasteiger partial charge in [-0.25, -0.2) is 9.37 Å². The molecule has 2 heterocycles. The molecule has 0 bridgehead atoms. The molecule has 2 aromatic heterocycles. The van der Waals surface area contributed by atoms with Crippen LogP contribution in [0.4, 0.5) is 21.7 Å². The van der Waals surface area contributed by atoms with Gasteiger partial charge in [-0.15, -0.1) is 0 Å². The Balaban J connectivity index is 1.48. The predicted molar refractivity (Wildman–Crippen MR) is 132 cm³/mol. The second kappa shape index (κ2) is 9.21. The van der Waals surface area contributed by atoms with Crippen molar-refractivity contribution >= 4 is 34.1 Å². The fraction of sp³-hybridized carbons (Fsp3) is 0.480. The quantitative estimate of drug-likeness (QED) is 0.391. The number of aromatic nitrogens is 3. The first kappa shape index (κ1) is 22.6. The van der Waals surface area contributed by atoms with Crippen LogP contribution >= 0.6 is 0 Å². The number of nitrogens with one attached hydrogen (secondary N) is 2. The van der Waals surface area contributed by atoms with Crippen LogP contribution in [0.25, 0.3) is 10.9 Å². The number of hydrogen-bond donors (Lipinski definition) is 4. The molecule has 5 rings (SSSR count). The van der Waals surface area contributed by atoms with Gasteiger partial charge >= 0.3 is 0 Å². The number of nitrogens with two attached hydrogens (primary N) is 2. The third kappa shape index (κ3) is 4.44. The van der Waals surface area contributed by atoms with E-state index in [1.54, 1.807) is 0 Å². The summed E-state index contributed by atoms with van der Waals surface area (Å²) >= 11 is 0. The molecule has 0 unspecified atom stereocenters. The molecule has 2 aliphatic rings. The minimum Gasteiger partial charge on any atom is -0.365 e. The molecule has 1 aromatic carbocycles. The first-order valence-corrected chi connectivity index (χ1v) is 12.2. The van der Waals surface area contributed by atoms with E-state index in [2.05, 4.69) is 27.2 Å². The summed E-state index contributed by atoms with van der Waals surface area (Å²) in [5.74, 6) is -1.08. The summed E-state index contributed by atoms with van der Waals surface area (Å²) in [6, 6.07) is 7.47. The van der Waals surface area contributed by atoms with Crippen molar-refractivity contribution in [1.29, 1.82) is 0 Å². The highest BCUT2D eigenvalue weighted by Gasteiger charge is 2.28. The second-order valence-corrected chi connectivity index (χ2v) is 9.51. The average Bonchev–Trinajstić information content (AvgIpc) is 3.60. The van der Waals surface area contributed by atoms with Gasteiger partial charge in [0.05, 0.1) is 22.8 Å². The largest absolute Gasteiger partial charge is 0.365 e. The molecule has 9 heteroatoms. The van der Waals surface area contributed by atoms with Crippen molar-refractivity contribution in [3.63, 3.8) is 0 Å². The van der Waals surface area contributed by atoms with E-state index in [1.807, 2.05) is 18.2 Å². The number of rotatable bonds is 8. The number of benzene rings is 1. The second-order valence-electron chi connectivity index (χ2n) is 9.51. The van der Waals surface area contributed by atoms with E-state index in [0.717, 1.165) is 79.7 Å². The fourth-order valence-corrected chi connectivity index (χ4v) is 4.83. The number of halogens is 1. The van der Waals surface area contributed by atoms with Gasteiger partial charge in [-0.05, 0) is 56.4 Å². The molecule has 34 heavy (non-hydrogen) atoms. The van der Waals surface area contributed by atoms with Crippen molar-refractivity contribution in [2.75, 3.05) is 10.6 Å². The summed E-state index contributed by atoms with van der Waals surface area (Å²) in [5, 5.41) is 12.3. The number of fused-ring (bicyclic) bond motifs is 1. The zero-order valence-corrected chi connectivity index (χ0v) is 19.5. The summed E-state index contributed by atoms with van der Waals surface area (Å²) in [5.41, 5.74) is 14.7. The zero-order valence-electron chi connectivity index (χ0n) is 19.5. The Kier molecular flexibility index (Phi) is 6.12. The molecule has 2 fully saturated rings. The summed E-state index contributed by atoms with van der Waals surface area (Å²) in [4.78, 5) is 16.5. The van der Waals surface area contributed by atoms with Crippen LogP contribution in [0.5, 0.6) is 0 Å². The SMILES string of the molecule is CCCc1nn(C2CC2)c2ccc(Nc3nc(N[C@@H]4CCCC[C@@H]4N)c(F)cc3C(N)=O)cc12. The molecule has 0 spiro atoms. The molecule has 2 aliphatic carbocycles. The zero-order chi connectivity index (χ0) is 23.8. The lowest BCUT2D eigenvalue weighted by atomic mass is 9.91. The lowest BCUT2D eigenvalue weighted by Crippen LogP contribution is -2.43. The van der Waals surface area contributed by atoms with Gasteiger partial charge < -0.3 is 22.1 Å². The minimum absolute atomic E-state index is 0.00135. The Hall–Kier alpha value is -3.20. The summed E-state index contributed by atoms with van der Waals surface area (Å²) < 4.78 is 17.0. The summed E-state index contributed by atoms with van der Waals surface area (Å²) in [6.45, 7) is 2.14. The molecule has 2 saturated carbocycles. The highest BCUT2D eigenvalue weighted by Crippen LogP contribution is 2.38. The van der Waals surface area contributed by atoms with Crippen LogP contribution < -0.4 is 22.1 Å². The van der Waals surface area contributed by atoms with Crippen molar-refractivity contribution in [3.8, 4) is 0 Å². The maximum absolute atomic E-state index is 14.8. The fourth-order valence-electron chi connectivity index (χ4n) is 4.83. The lowest BCUT2D eigenvalue weighted by molar-refractivity contribution is 0.100. The Morgan fingerprint density at radius 3 is 2.68 bits per heavy atom. The van der Waals surface area contributed by atoms with E-state index in [1.165, 1.54) is 0 Å². The van der Waals surface area contributed by atoms with Crippen LogP contribution in [0.1, 0.15) is 74.0 Å². The van der Waals surface area contributed by atoms with Crippen molar-refractivity contribution in [1.82, 2.24) is 14.8 Å². The van der Waals surface area contributed by atoms with E-state index in [9.17, 15) is 9.18 Å². The Labute approximate surface area is 198 Å². The normalized spacial score (nSPS) is 20.4. The van der Waals surface area contributed by atoms with E-state index in [4.69, 9.17) is 16.6 Å². The molecule has 2 atom stereocenters. The van der Waals surface area contributed by atoms with Crippen LogP contribution in [-0.4, -0.2) is 32.8 Å². The van der Waals surface area contributed by atoms with Crippen molar-refractivity contribution in [2.45, 2.75) is 76.4 Å². The third-order valence-electron chi connectivity index (χ3n) is 6.81. The molecular formula is C25H32FN7O. The number of carbonyl (C=O) groups is 1. The van der Waals surface area contributed by atoms with Gasteiger partial charge in [0.25, 0.3) is 5.91 Å². The molecule has 180 valence electrons. The summed E-state index contributed by atoms with van der Waals surface area (Å²) in [7, 11) is 0. The first-order chi connectivity index (χ1) is 16.4. The van der Waals surface area contributed by atoms with E-state index >= 15 is 0 Å². The maximum Gasteiger partial charge on any atom is 0.252 e. The molecule has 0 radical (unpaired) electrons. The topological polar surface area (TPSA) is 124 Å². The molecule has 8 nitrogen and oxygen atoms in total. The standard InChI is InChI=1S/C25H32FN7O/c1-2-5-20-16-12-14(8-11-22(16)33(32-20)15-9-10-15)29-24-17(23(28)34)13-18(26)25(31-24)30-21-7-4-3-6-19(21)27/h8,11-13,15,19,21H,2-7,9-10,27H2,1H3,(H2,28,34)(H2,29,30,31)/t19-,21+/m0/s1. The number of pyridine rings is 1. The number of anilines is 3. The average molecular weight is 466 g/mol. The molecule has 6 N–H and O–H groups in total. The Bertz CT molecular complexity index is 1220. The van der Waals surface area contributed by atoms with Gasteiger partial charge in [0.2, 0.25) is 0 Å². The number of nitrogens with zero attached hydrogens (tertiary/aromatic N) is 3. The number of hydrogen-bond acceptors (Lipinski definition) is 6. The molecular weight excluding hydrogens is 433 g/mol. The van der Waals surface area contributed by atoms with Gasteiger partial charge in [0, 0.05) is 23.2 Å². The van der Waals surface area contributed by atoms with E-state index in [-0.39, 0.29) is 29.3 Å². The van der Waals surface area contributed by atoms with E-state index in [0.29, 0.717) is 6.04 Å².